The third-order valence-corrected chi connectivity index (χ3v) is 2.31. The molecule has 6 heteroatoms. The smallest absolute Gasteiger partial charge is 0.373 e. The number of ketones is 1. The molecule has 0 heterocycles. The topological polar surface area (TPSA) is 99.3 Å². The van der Waals surface area contributed by atoms with Crippen LogP contribution in [0.1, 0.15) is 18.9 Å². The Labute approximate surface area is 110 Å². The molecule has 1 rings (SSSR count). The van der Waals surface area contributed by atoms with Gasteiger partial charge in [0.15, 0.2) is 11.5 Å². The van der Waals surface area contributed by atoms with Crippen molar-refractivity contribution in [3.8, 4) is 0 Å². The number of benzene rings is 1. The second kappa shape index (κ2) is 6.44. The zero-order chi connectivity index (χ0) is 14.4. The van der Waals surface area contributed by atoms with Gasteiger partial charge in [-0.25, -0.2) is 4.79 Å². The van der Waals surface area contributed by atoms with Crippen LogP contribution in [-0.2, 0) is 9.59 Å². The summed E-state index contributed by atoms with van der Waals surface area (Å²) in [5.74, 6) is -3.29. The van der Waals surface area contributed by atoms with Crippen LogP contribution in [0.25, 0.3) is 0 Å². The predicted molar refractivity (Wildman–Crippen MR) is 68.3 cm³/mol. The summed E-state index contributed by atoms with van der Waals surface area (Å²) in [5, 5.41) is 25.3. The number of aliphatic carboxylic acids is 1. The van der Waals surface area contributed by atoms with E-state index in [-0.39, 0.29) is 6.42 Å². The number of allylic oxidation sites excluding steroid dienone is 1. The van der Waals surface area contributed by atoms with Gasteiger partial charge in [0.25, 0.3) is 0 Å². The molecule has 0 saturated carbocycles. The van der Waals surface area contributed by atoms with E-state index in [9.17, 15) is 14.7 Å². The molecule has 0 bridgehead atoms. The third kappa shape index (κ3) is 4.02. The SMILES string of the molecule is CCC(=O)/C(N=Nc1ccc(C)cc1)=C(/O)C(=O)O. The fraction of sp³-hybridized carbons (Fsp3) is 0.231. The van der Waals surface area contributed by atoms with Crippen molar-refractivity contribution in [1.29, 1.82) is 0 Å². The van der Waals surface area contributed by atoms with Crippen molar-refractivity contribution in [2.75, 3.05) is 0 Å². The number of rotatable bonds is 5. The van der Waals surface area contributed by atoms with Crippen molar-refractivity contribution in [3.63, 3.8) is 0 Å². The van der Waals surface area contributed by atoms with Gasteiger partial charge >= 0.3 is 5.97 Å². The molecule has 0 aliphatic rings. The number of carbonyl (C=O) groups is 2. The van der Waals surface area contributed by atoms with Gasteiger partial charge in [0.1, 0.15) is 0 Å². The summed E-state index contributed by atoms with van der Waals surface area (Å²) in [6, 6.07) is 6.95. The van der Waals surface area contributed by atoms with Gasteiger partial charge in [0.2, 0.25) is 5.76 Å². The van der Waals surface area contributed by atoms with E-state index in [4.69, 9.17) is 5.11 Å². The fourth-order valence-electron chi connectivity index (χ4n) is 1.22. The van der Waals surface area contributed by atoms with Gasteiger partial charge in [-0.15, -0.1) is 5.11 Å². The maximum Gasteiger partial charge on any atom is 0.373 e. The minimum atomic E-state index is -1.61. The molecular formula is C13H14N2O4. The molecule has 0 fully saturated rings. The average molecular weight is 262 g/mol. The average Bonchev–Trinajstić information content (AvgIpc) is 2.40. The zero-order valence-electron chi connectivity index (χ0n) is 10.6. The summed E-state index contributed by atoms with van der Waals surface area (Å²) >= 11 is 0. The Kier molecular flexibility index (Phi) is 4.93. The first-order valence-corrected chi connectivity index (χ1v) is 5.63. The van der Waals surface area contributed by atoms with Crippen LogP contribution in [0, 0.1) is 6.92 Å². The van der Waals surface area contributed by atoms with Crippen LogP contribution in [0.5, 0.6) is 0 Å². The second-order valence-corrected chi connectivity index (χ2v) is 3.81. The first kappa shape index (κ1) is 14.6. The van der Waals surface area contributed by atoms with Crippen LogP contribution >= 0.6 is 0 Å². The molecule has 100 valence electrons. The van der Waals surface area contributed by atoms with Crippen molar-refractivity contribution in [3.05, 3.63) is 41.3 Å². The molecular weight excluding hydrogens is 248 g/mol. The summed E-state index contributed by atoms with van der Waals surface area (Å²) in [7, 11) is 0. The maximum atomic E-state index is 11.5. The number of hydrogen-bond acceptors (Lipinski definition) is 5. The summed E-state index contributed by atoms with van der Waals surface area (Å²) in [6.07, 6.45) is 0.0274. The van der Waals surface area contributed by atoms with Crippen molar-refractivity contribution >= 4 is 17.4 Å². The fourth-order valence-corrected chi connectivity index (χ4v) is 1.22. The van der Waals surface area contributed by atoms with E-state index in [0.717, 1.165) is 5.56 Å². The Hall–Kier alpha value is -2.50. The van der Waals surface area contributed by atoms with Gasteiger partial charge in [0, 0.05) is 6.42 Å². The van der Waals surface area contributed by atoms with Crippen molar-refractivity contribution < 1.29 is 19.8 Å². The molecule has 0 spiro atoms. The molecule has 0 aliphatic carbocycles. The highest BCUT2D eigenvalue weighted by molar-refractivity contribution is 6.01. The lowest BCUT2D eigenvalue weighted by Gasteiger charge is -1.99. The maximum absolute atomic E-state index is 11.5. The van der Waals surface area contributed by atoms with E-state index in [2.05, 4.69) is 10.2 Å². The van der Waals surface area contributed by atoms with Gasteiger partial charge in [-0.2, -0.15) is 5.11 Å². The largest absolute Gasteiger partial charge is 0.500 e. The predicted octanol–water partition coefficient (Wildman–Crippen LogP) is 2.91. The van der Waals surface area contributed by atoms with E-state index >= 15 is 0 Å². The van der Waals surface area contributed by atoms with Crippen LogP contribution in [0.3, 0.4) is 0 Å². The number of aryl methyl sites for hydroxylation is 1. The number of aliphatic hydroxyl groups is 1. The van der Waals surface area contributed by atoms with E-state index in [1.807, 2.05) is 6.92 Å². The Morgan fingerprint density at radius 3 is 2.21 bits per heavy atom. The van der Waals surface area contributed by atoms with Crippen LogP contribution in [0.4, 0.5) is 5.69 Å². The van der Waals surface area contributed by atoms with Crippen molar-refractivity contribution in [2.24, 2.45) is 10.2 Å². The third-order valence-electron chi connectivity index (χ3n) is 2.31. The molecule has 0 amide bonds. The highest BCUT2D eigenvalue weighted by Gasteiger charge is 2.18. The molecule has 0 unspecified atom stereocenters. The normalized spacial score (nSPS) is 12.3. The number of nitrogens with zero attached hydrogens (tertiary/aromatic N) is 2. The number of aliphatic hydroxyl groups excluding tert-OH is 1. The quantitative estimate of drug-likeness (QED) is 0.484. The Morgan fingerprint density at radius 2 is 1.74 bits per heavy atom. The number of carbonyl (C=O) groups excluding carboxylic acids is 1. The number of azo groups is 1. The van der Waals surface area contributed by atoms with Gasteiger partial charge in [-0.3, -0.25) is 4.79 Å². The molecule has 1 aromatic rings. The number of carboxylic acids is 1. The number of carboxylic acid groups (broad SMARTS) is 1. The highest BCUT2D eigenvalue weighted by Crippen LogP contribution is 2.16. The lowest BCUT2D eigenvalue weighted by molar-refractivity contribution is -0.136. The highest BCUT2D eigenvalue weighted by atomic mass is 16.4. The van der Waals surface area contributed by atoms with Crippen molar-refractivity contribution in [2.45, 2.75) is 20.3 Å². The minimum Gasteiger partial charge on any atom is -0.500 e. The van der Waals surface area contributed by atoms with Crippen LogP contribution in [-0.4, -0.2) is 22.0 Å². The van der Waals surface area contributed by atoms with Gasteiger partial charge in [0.05, 0.1) is 5.69 Å². The molecule has 0 aromatic heterocycles. The number of Topliss-reactive ketones (excluding diaryl/α,β-unsaturated/α-hetero) is 1. The van der Waals surface area contributed by atoms with E-state index < -0.39 is 23.2 Å². The summed E-state index contributed by atoms with van der Waals surface area (Å²) in [5.41, 5.74) is 0.952. The Balaban J connectivity index is 3.08. The first-order chi connectivity index (χ1) is 8.95. The molecule has 19 heavy (non-hydrogen) atoms. The monoisotopic (exact) mass is 262 g/mol. The molecule has 2 N–H and O–H groups in total. The lowest BCUT2D eigenvalue weighted by atomic mass is 10.2. The Morgan fingerprint density at radius 1 is 1.16 bits per heavy atom. The van der Waals surface area contributed by atoms with E-state index in [1.54, 1.807) is 31.2 Å². The minimum absolute atomic E-state index is 0.0274. The van der Waals surface area contributed by atoms with Gasteiger partial charge < -0.3 is 10.2 Å². The Bertz CT molecular complexity index is 544. The van der Waals surface area contributed by atoms with E-state index in [0.29, 0.717) is 5.69 Å². The van der Waals surface area contributed by atoms with Crippen LogP contribution < -0.4 is 0 Å². The van der Waals surface area contributed by atoms with Gasteiger partial charge in [-0.1, -0.05) is 24.6 Å². The molecule has 0 saturated heterocycles. The van der Waals surface area contributed by atoms with Crippen LogP contribution in [0.2, 0.25) is 0 Å². The number of hydrogen-bond donors (Lipinski definition) is 2. The lowest BCUT2D eigenvalue weighted by Crippen LogP contribution is -2.09. The van der Waals surface area contributed by atoms with E-state index in [1.165, 1.54) is 0 Å². The van der Waals surface area contributed by atoms with Crippen LogP contribution in [0.15, 0.2) is 46.0 Å². The summed E-state index contributed by atoms with van der Waals surface area (Å²) in [6.45, 7) is 3.45. The standard InChI is InChI=1S/C13H14N2O4/c1-3-10(16)11(12(17)13(18)19)15-14-9-6-4-8(2)5-7-9/h4-7,17H,3H2,1-2H3,(H,18,19)/b12-11-,15-14?. The first-order valence-electron chi connectivity index (χ1n) is 5.63. The summed E-state index contributed by atoms with van der Waals surface area (Å²) < 4.78 is 0. The van der Waals surface area contributed by atoms with Crippen molar-refractivity contribution in [1.82, 2.24) is 0 Å². The molecule has 0 atom stereocenters. The molecule has 0 radical (unpaired) electrons. The molecule has 0 aliphatic heterocycles. The molecule has 1 aromatic carbocycles. The second-order valence-electron chi connectivity index (χ2n) is 3.81. The zero-order valence-corrected chi connectivity index (χ0v) is 10.6. The molecule has 6 nitrogen and oxygen atoms in total. The van der Waals surface area contributed by atoms with Gasteiger partial charge in [-0.05, 0) is 19.1 Å². The summed E-state index contributed by atoms with van der Waals surface area (Å²) in [4.78, 5) is 22.2.